The number of nitrogens with zero attached hydrogens (tertiary/aromatic N) is 2. The predicted molar refractivity (Wildman–Crippen MR) is 122 cm³/mol. The van der Waals surface area contributed by atoms with Crippen molar-refractivity contribution in [3.63, 3.8) is 0 Å². The molecule has 2 heterocycles. The predicted octanol–water partition coefficient (Wildman–Crippen LogP) is 4.72. The monoisotopic (exact) mass is 488 g/mol. The van der Waals surface area contributed by atoms with E-state index in [-0.39, 0.29) is 29.3 Å². The summed E-state index contributed by atoms with van der Waals surface area (Å²) in [6.07, 6.45) is -3.35. The van der Waals surface area contributed by atoms with E-state index in [9.17, 15) is 27.6 Å². The van der Waals surface area contributed by atoms with Crippen LogP contribution in [-0.4, -0.2) is 29.3 Å². The van der Waals surface area contributed by atoms with Crippen molar-refractivity contribution in [2.24, 2.45) is 0 Å². The van der Waals surface area contributed by atoms with Crippen LogP contribution < -0.4 is 15.5 Å². The van der Waals surface area contributed by atoms with E-state index in [1.54, 1.807) is 22.4 Å². The van der Waals surface area contributed by atoms with Crippen molar-refractivity contribution in [1.82, 2.24) is 4.98 Å². The van der Waals surface area contributed by atoms with E-state index >= 15 is 0 Å². The van der Waals surface area contributed by atoms with E-state index in [4.69, 9.17) is 0 Å². The molecule has 0 radical (unpaired) electrons. The zero-order valence-electron chi connectivity index (χ0n) is 17.7. The lowest BCUT2D eigenvalue weighted by molar-refractivity contribution is -0.137. The van der Waals surface area contributed by atoms with Gasteiger partial charge in [-0.25, -0.2) is 4.98 Å². The Balaban J connectivity index is 1.43. The summed E-state index contributed by atoms with van der Waals surface area (Å²) in [7, 11) is 0. The summed E-state index contributed by atoms with van der Waals surface area (Å²) in [6.45, 7) is 0.604. The zero-order valence-corrected chi connectivity index (χ0v) is 18.5. The van der Waals surface area contributed by atoms with Gasteiger partial charge in [-0.1, -0.05) is 18.2 Å². The average molecular weight is 488 g/mol. The molecule has 2 aromatic carbocycles. The van der Waals surface area contributed by atoms with Crippen LogP contribution in [0.1, 0.15) is 34.5 Å². The number of carbonyl (C=O) groups is 3. The lowest BCUT2D eigenvalue weighted by Gasteiger charge is -2.13. The lowest BCUT2D eigenvalue weighted by Crippen LogP contribution is -2.23. The van der Waals surface area contributed by atoms with Gasteiger partial charge in [0.15, 0.2) is 5.13 Å². The summed E-state index contributed by atoms with van der Waals surface area (Å²) < 4.78 is 38.8. The first-order chi connectivity index (χ1) is 16.2. The van der Waals surface area contributed by atoms with Gasteiger partial charge in [0.05, 0.1) is 28.9 Å². The number of thiazole rings is 1. The van der Waals surface area contributed by atoms with Gasteiger partial charge in [0.25, 0.3) is 5.91 Å². The van der Waals surface area contributed by atoms with Crippen molar-refractivity contribution in [3.05, 3.63) is 70.7 Å². The number of hydrogen-bond donors (Lipinski definition) is 2. The first-order valence-electron chi connectivity index (χ1n) is 10.3. The van der Waals surface area contributed by atoms with Crippen molar-refractivity contribution >= 4 is 45.6 Å². The fourth-order valence-electron chi connectivity index (χ4n) is 3.47. The van der Waals surface area contributed by atoms with Gasteiger partial charge in [-0.15, -0.1) is 11.3 Å². The van der Waals surface area contributed by atoms with Gasteiger partial charge in [0, 0.05) is 24.0 Å². The number of nitrogens with one attached hydrogen (secondary N) is 2. The number of hydrogen-bond acceptors (Lipinski definition) is 5. The number of halogens is 3. The van der Waals surface area contributed by atoms with Crippen molar-refractivity contribution in [3.8, 4) is 0 Å². The van der Waals surface area contributed by atoms with Crippen LogP contribution in [0.25, 0.3) is 0 Å². The Kier molecular flexibility index (Phi) is 6.64. The minimum absolute atomic E-state index is 0.00561. The molecule has 1 aliphatic rings. The maximum atomic E-state index is 12.9. The highest BCUT2D eigenvalue weighted by molar-refractivity contribution is 7.14. The Morgan fingerprint density at radius 3 is 2.62 bits per heavy atom. The molecule has 1 aromatic heterocycles. The minimum Gasteiger partial charge on any atom is -0.325 e. The van der Waals surface area contributed by atoms with Crippen LogP contribution >= 0.6 is 11.3 Å². The van der Waals surface area contributed by atoms with Crippen LogP contribution in [0.2, 0.25) is 0 Å². The summed E-state index contributed by atoms with van der Waals surface area (Å²) >= 11 is 1.28. The SMILES string of the molecule is O=C(Cc1csc(N2CCCC2=O)n1)Nc1ccccc1C(=O)Nc1cccc(C(F)(F)F)c1. The molecule has 34 heavy (non-hydrogen) atoms. The van der Waals surface area contributed by atoms with Crippen LogP contribution in [0.3, 0.4) is 0 Å². The van der Waals surface area contributed by atoms with Crippen LogP contribution in [0.15, 0.2) is 53.9 Å². The minimum atomic E-state index is -4.54. The van der Waals surface area contributed by atoms with E-state index < -0.39 is 23.6 Å². The molecular formula is C23H19F3N4O3S. The largest absolute Gasteiger partial charge is 0.416 e. The standard InChI is InChI=1S/C23H19F3N4O3S/c24-23(25,26)14-5-3-6-15(11-14)27-21(33)17-7-1-2-8-18(17)29-19(31)12-16-13-34-22(28-16)30-10-4-9-20(30)32/h1-3,5-8,11,13H,4,9-10,12H2,(H,27,33)(H,29,31). The molecule has 3 aromatic rings. The van der Waals surface area contributed by atoms with E-state index in [0.29, 0.717) is 23.8 Å². The van der Waals surface area contributed by atoms with Crippen LogP contribution in [0, 0.1) is 0 Å². The molecule has 0 saturated carbocycles. The Bertz CT molecular complexity index is 1240. The number of benzene rings is 2. The molecule has 3 amide bonds. The number of rotatable bonds is 6. The average Bonchev–Trinajstić information content (AvgIpc) is 3.42. The van der Waals surface area contributed by atoms with Gasteiger partial charge in [-0.3, -0.25) is 19.3 Å². The molecule has 4 rings (SSSR count). The first-order valence-corrected chi connectivity index (χ1v) is 11.2. The van der Waals surface area contributed by atoms with Crippen molar-refractivity contribution in [2.45, 2.75) is 25.4 Å². The van der Waals surface area contributed by atoms with E-state index in [2.05, 4.69) is 15.6 Å². The first kappa shape index (κ1) is 23.4. The van der Waals surface area contributed by atoms with E-state index in [1.807, 2.05) is 0 Å². The number of carbonyl (C=O) groups excluding carboxylic acids is 3. The summed E-state index contributed by atoms with van der Waals surface area (Å²) in [5.74, 6) is -1.09. The number of amides is 3. The fourth-order valence-corrected chi connectivity index (χ4v) is 4.34. The Morgan fingerprint density at radius 2 is 1.88 bits per heavy atom. The summed E-state index contributed by atoms with van der Waals surface area (Å²) in [5, 5.41) is 7.34. The second-order valence-electron chi connectivity index (χ2n) is 7.57. The maximum Gasteiger partial charge on any atom is 0.416 e. The van der Waals surface area contributed by atoms with Crippen LogP contribution in [-0.2, 0) is 22.2 Å². The van der Waals surface area contributed by atoms with E-state index in [1.165, 1.54) is 35.6 Å². The number of alkyl halides is 3. The third kappa shape index (κ3) is 5.42. The van der Waals surface area contributed by atoms with E-state index in [0.717, 1.165) is 18.6 Å². The summed E-state index contributed by atoms with van der Waals surface area (Å²) in [5.41, 5.74) is -0.113. The second-order valence-corrected chi connectivity index (χ2v) is 8.41. The molecule has 0 aliphatic carbocycles. The normalized spacial score (nSPS) is 13.7. The molecule has 2 N–H and O–H groups in total. The van der Waals surface area contributed by atoms with Gasteiger partial charge in [-0.05, 0) is 36.8 Å². The molecule has 0 unspecified atom stereocenters. The maximum absolute atomic E-state index is 12.9. The van der Waals surface area contributed by atoms with Crippen LogP contribution in [0.4, 0.5) is 29.7 Å². The topological polar surface area (TPSA) is 91.4 Å². The molecule has 176 valence electrons. The number of para-hydroxylation sites is 1. The molecule has 1 saturated heterocycles. The van der Waals surface area contributed by atoms with Crippen molar-refractivity contribution in [2.75, 3.05) is 22.1 Å². The summed E-state index contributed by atoms with van der Waals surface area (Å²) in [6, 6.07) is 10.5. The third-order valence-corrected chi connectivity index (χ3v) is 5.99. The molecule has 1 fully saturated rings. The molecule has 0 spiro atoms. The van der Waals surface area contributed by atoms with Gasteiger partial charge < -0.3 is 10.6 Å². The van der Waals surface area contributed by atoms with Gasteiger partial charge >= 0.3 is 6.18 Å². The zero-order chi connectivity index (χ0) is 24.3. The van der Waals surface area contributed by atoms with Gasteiger partial charge in [0.2, 0.25) is 11.8 Å². The highest BCUT2D eigenvalue weighted by Gasteiger charge is 2.30. The second kappa shape index (κ2) is 9.64. The smallest absolute Gasteiger partial charge is 0.325 e. The van der Waals surface area contributed by atoms with Crippen molar-refractivity contribution < 1.29 is 27.6 Å². The molecule has 1 aliphatic heterocycles. The number of aromatic nitrogens is 1. The Labute approximate surface area is 196 Å². The third-order valence-electron chi connectivity index (χ3n) is 5.08. The van der Waals surface area contributed by atoms with Gasteiger partial charge in [-0.2, -0.15) is 13.2 Å². The van der Waals surface area contributed by atoms with Gasteiger partial charge in [0.1, 0.15) is 0 Å². The molecular weight excluding hydrogens is 469 g/mol. The molecule has 7 nitrogen and oxygen atoms in total. The van der Waals surface area contributed by atoms with Crippen LogP contribution in [0.5, 0.6) is 0 Å². The molecule has 0 bridgehead atoms. The Morgan fingerprint density at radius 1 is 1.09 bits per heavy atom. The number of anilines is 3. The highest BCUT2D eigenvalue weighted by atomic mass is 32.1. The Hall–Kier alpha value is -3.73. The molecule has 11 heteroatoms. The highest BCUT2D eigenvalue weighted by Crippen LogP contribution is 2.31. The lowest BCUT2D eigenvalue weighted by atomic mass is 10.1. The summed E-state index contributed by atoms with van der Waals surface area (Å²) in [4.78, 5) is 43.1. The molecule has 0 atom stereocenters. The fraction of sp³-hybridized carbons (Fsp3) is 0.217. The van der Waals surface area contributed by atoms with Crippen molar-refractivity contribution in [1.29, 1.82) is 0 Å². The quantitative estimate of drug-likeness (QED) is 0.525.